The van der Waals surface area contributed by atoms with E-state index >= 15 is 0 Å². The van der Waals surface area contributed by atoms with Crippen LogP contribution in [0.5, 0.6) is 5.75 Å². The highest BCUT2D eigenvalue weighted by Gasteiger charge is 2.43. The van der Waals surface area contributed by atoms with Gasteiger partial charge in [-0.15, -0.1) is 6.58 Å². The molecule has 4 atom stereocenters. The van der Waals surface area contributed by atoms with Gasteiger partial charge >= 0.3 is 0 Å². The number of aryl methyl sites for hydroxylation is 1. The van der Waals surface area contributed by atoms with Gasteiger partial charge in [0.05, 0.1) is 6.61 Å². The van der Waals surface area contributed by atoms with Gasteiger partial charge in [0, 0.05) is 0 Å². The quantitative estimate of drug-likeness (QED) is 0.350. The number of halogens is 2. The Morgan fingerprint density at radius 1 is 1.04 bits per heavy atom. The van der Waals surface area contributed by atoms with Crippen molar-refractivity contribution < 1.29 is 13.5 Å². The Kier molecular flexibility index (Phi) is 6.72. The fraction of sp³-hybridized carbons (Fsp3) is 0.652. The molecule has 144 valence electrons. The largest absolute Gasteiger partial charge is 0.490 e. The summed E-state index contributed by atoms with van der Waals surface area (Å²) in [5.74, 6) is 1.74. The molecule has 0 radical (unpaired) electrons. The van der Waals surface area contributed by atoms with E-state index in [4.69, 9.17) is 4.74 Å². The topological polar surface area (TPSA) is 9.23 Å². The van der Waals surface area contributed by atoms with Crippen molar-refractivity contribution >= 4 is 0 Å². The molecular weight excluding hydrogens is 330 g/mol. The van der Waals surface area contributed by atoms with Gasteiger partial charge in [-0.1, -0.05) is 31.9 Å². The van der Waals surface area contributed by atoms with Crippen LogP contribution in [0.3, 0.4) is 0 Å². The van der Waals surface area contributed by atoms with Crippen LogP contribution in [0, 0.1) is 35.3 Å². The second-order valence-corrected chi connectivity index (χ2v) is 8.11. The monoisotopic (exact) mass is 362 g/mol. The molecule has 0 spiro atoms. The van der Waals surface area contributed by atoms with Gasteiger partial charge in [-0.05, 0) is 80.2 Å². The molecule has 4 unspecified atom stereocenters. The molecule has 2 aliphatic rings. The summed E-state index contributed by atoms with van der Waals surface area (Å²) in [7, 11) is 0. The van der Waals surface area contributed by atoms with E-state index in [0.717, 1.165) is 24.2 Å². The van der Waals surface area contributed by atoms with Gasteiger partial charge in [0.15, 0.2) is 11.6 Å². The Balaban J connectivity index is 1.57. The van der Waals surface area contributed by atoms with E-state index < -0.39 is 11.6 Å². The van der Waals surface area contributed by atoms with Crippen molar-refractivity contribution in [3.63, 3.8) is 0 Å². The van der Waals surface area contributed by atoms with Crippen LogP contribution < -0.4 is 4.74 Å². The first-order valence-corrected chi connectivity index (χ1v) is 10.4. The molecule has 0 N–H and O–H groups in total. The molecule has 0 saturated heterocycles. The lowest BCUT2D eigenvalue weighted by molar-refractivity contribution is 0.292. The van der Waals surface area contributed by atoms with E-state index in [1.807, 2.05) is 0 Å². The third-order valence-electron chi connectivity index (χ3n) is 6.65. The lowest BCUT2D eigenvalue weighted by Gasteiger charge is -2.21. The van der Waals surface area contributed by atoms with E-state index in [9.17, 15) is 8.78 Å². The van der Waals surface area contributed by atoms with E-state index in [-0.39, 0.29) is 5.75 Å². The van der Waals surface area contributed by atoms with E-state index in [1.54, 1.807) is 18.2 Å². The highest BCUT2D eigenvalue weighted by atomic mass is 19.2. The molecule has 0 aromatic heterocycles. The van der Waals surface area contributed by atoms with Gasteiger partial charge in [-0.2, -0.15) is 4.39 Å². The predicted octanol–water partition coefficient (Wildman–Crippen LogP) is 6.70. The van der Waals surface area contributed by atoms with Crippen LogP contribution >= 0.6 is 0 Å². The standard InChI is InChI=1S/C23H32F2O/c1-3-5-15-26-21-14-11-18(22(24)23(21)25)8-7-17-10-13-19-16(6-4-2)9-12-20(17)19/h3,11,14,16-17,19-20H,1,4-10,12-13,15H2,2H3. The summed E-state index contributed by atoms with van der Waals surface area (Å²) >= 11 is 0. The van der Waals surface area contributed by atoms with E-state index in [2.05, 4.69) is 13.5 Å². The number of fused-ring (bicyclic) bond motifs is 1. The molecular formula is C23H32F2O. The number of hydrogen-bond acceptors (Lipinski definition) is 1. The van der Waals surface area contributed by atoms with Crippen molar-refractivity contribution in [3.05, 3.63) is 42.0 Å². The first-order valence-electron chi connectivity index (χ1n) is 10.4. The molecule has 0 aliphatic heterocycles. The van der Waals surface area contributed by atoms with Crippen LogP contribution in [0.4, 0.5) is 8.78 Å². The van der Waals surface area contributed by atoms with Crippen molar-refractivity contribution in [2.45, 2.75) is 64.7 Å². The zero-order valence-electron chi connectivity index (χ0n) is 16.0. The van der Waals surface area contributed by atoms with Crippen molar-refractivity contribution in [2.24, 2.45) is 23.7 Å². The van der Waals surface area contributed by atoms with Gasteiger partial charge in [-0.25, -0.2) is 4.39 Å². The minimum absolute atomic E-state index is 0.00670. The Morgan fingerprint density at radius 3 is 2.38 bits per heavy atom. The molecule has 2 fully saturated rings. The van der Waals surface area contributed by atoms with Crippen LogP contribution in [0.25, 0.3) is 0 Å². The van der Waals surface area contributed by atoms with Crippen molar-refractivity contribution in [2.75, 3.05) is 6.61 Å². The Bertz CT molecular complexity index is 612. The summed E-state index contributed by atoms with van der Waals surface area (Å²) in [4.78, 5) is 0. The van der Waals surface area contributed by atoms with Crippen molar-refractivity contribution in [3.8, 4) is 5.75 Å². The average Bonchev–Trinajstić information content (AvgIpc) is 3.22. The third kappa shape index (κ3) is 4.13. The molecule has 3 rings (SSSR count). The molecule has 1 nitrogen and oxygen atoms in total. The van der Waals surface area contributed by atoms with Gasteiger partial charge in [0.2, 0.25) is 5.82 Å². The maximum Gasteiger partial charge on any atom is 0.200 e. The van der Waals surface area contributed by atoms with Gasteiger partial charge in [0.25, 0.3) is 0 Å². The Morgan fingerprint density at radius 2 is 1.73 bits per heavy atom. The number of ether oxygens (including phenoxy) is 1. The lowest BCUT2D eigenvalue weighted by Crippen LogP contribution is -2.14. The first kappa shape index (κ1) is 19.4. The molecule has 0 heterocycles. The summed E-state index contributed by atoms with van der Waals surface area (Å²) < 4.78 is 33.9. The summed E-state index contributed by atoms with van der Waals surface area (Å²) in [6.07, 6.45) is 11.9. The van der Waals surface area contributed by atoms with Crippen molar-refractivity contribution in [1.82, 2.24) is 0 Å². The minimum atomic E-state index is -0.847. The second kappa shape index (κ2) is 9.01. The maximum atomic E-state index is 14.4. The smallest absolute Gasteiger partial charge is 0.200 e. The van der Waals surface area contributed by atoms with Gasteiger partial charge in [-0.3, -0.25) is 0 Å². The summed E-state index contributed by atoms with van der Waals surface area (Å²) in [5.41, 5.74) is 0.491. The fourth-order valence-corrected chi connectivity index (χ4v) is 5.40. The Hall–Kier alpha value is -1.38. The highest BCUT2D eigenvalue weighted by molar-refractivity contribution is 5.31. The molecule has 0 amide bonds. The number of hydrogen-bond donors (Lipinski definition) is 0. The van der Waals surface area contributed by atoms with Gasteiger partial charge < -0.3 is 4.74 Å². The summed E-state index contributed by atoms with van der Waals surface area (Å²) in [6.45, 7) is 6.20. The first-order chi connectivity index (χ1) is 12.7. The van der Waals surface area contributed by atoms with Crippen LogP contribution in [0.1, 0.15) is 63.9 Å². The van der Waals surface area contributed by atoms with Crippen molar-refractivity contribution in [1.29, 1.82) is 0 Å². The predicted molar refractivity (Wildman–Crippen MR) is 102 cm³/mol. The van der Waals surface area contributed by atoms with Crippen LogP contribution in [-0.4, -0.2) is 6.61 Å². The van der Waals surface area contributed by atoms with E-state index in [1.165, 1.54) is 38.5 Å². The van der Waals surface area contributed by atoms with E-state index in [0.29, 0.717) is 30.9 Å². The zero-order valence-corrected chi connectivity index (χ0v) is 16.0. The van der Waals surface area contributed by atoms with Crippen LogP contribution in [-0.2, 0) is 6.42 Å². The molecule has 2 aliphatic carbocycles. The Labute approximate surface area is 156 Å². The molecule has 0 bridgehead atoms. The lowest BCUT2D eigenvalue weighted by atomic mass is 9.85. The summed E-state index contributed by atoms with van der Waals surface area (Å²) in [6, 6.07) is 3.27. The van der Waals surface area contributed by atoms with Crippen LogP contribution in [0.2, 0.25) is 0 Å². The van der Waals surface area contributed by atoms with Gasteiger partial charge in [0.1, 0.15) is 0 Å². The molecule has 3 heteroatoms. The minimum Gasteiger partial charge on any atom is -0.490 e. The molecule has 1 aromatic rings. The maximum absolute atomic E-state index is 14.4. The third-order valence-corrected chi connectivity index (χ3v) is 6.65. The zero-order chi connectivity index (χ0) is 18.5. The van der Waals surface area contributed by atoms with Crippen LogP contribution in [0.15, 0.2) is 24.8 Å². The normalized spacial score (nSPS) is 27.5. The summed E-state index contributed by atoms with van der Waals surface area (Å²) in [5, 5.41) is 0. The average molecular weight is 363 g/mol. The highest BCUT2D eigenvalue weighted by Crippen LogP contribution is 2.53. The number of rotatable bonds is 9. The fourth-order valence-electron chi connectivity index (χ4n) is 5.40. The second-order valence-electron chi connectivity index (χ2n) is 8.11. The SMILES string of the molecule is C=CCCOc1ccc(CCC2CCC3C(CCC)CCC23)c(F)c1F. The molecule has 2 saturated carbocycles. The molecule has 1 aromatic carbocycles. The number of benzene rings is 1. The molecule has 26 heavy (non-hydrogen) atoms.